The normalized spacial score (nSPS) is 13.4. The molecule has 0 bridgehead atoms. The Bertz CT molecular complexity index is 943. The largest absolute Gasteiger partial charge is 0.490 e. The molecule has 0 fully saturated rings. The van der Waals surface area contributed by atoms with E-state index in [1.807, 2.05) is 59.4 Å². The topological polar surface area (TPSA) is 86.7 Å². The van der Waals surface area contributed by atoms with Gasteiger partial charge in [-0.3, -0.25) is 0 Å². The summed E-state index contributed by atoms with van der Waals surface area (Å²) in [5.74, 6) is 1.80. The summed E-state index contributed by atoms with van der Waals surface area (Å²) in [7, 11) is 0. The van der Waals surface area contributed by atoms with E-state index in [4.69, 9.17) is 15.2 Å². The molecule has 0 spiro atoms. The molecular weight excluding hydrogens is 469 g/mol. The van der Waals surface area contributed by atoms with Gasteiger partial charge < -0.3 is 20.5 Å². The van der Waals surface area contributed by atoms with Crippen molar-refractivity contribution in [1.29, 1.82) is 0 Å². The number of nitrogens with two attached hydrogens (primary N) is 1. The standard InChI is InChI=1S/C20H21N5O2.HI/c21-20(24-16-7-8-18-19(11-16)27-10-4-9-26-18)22-12-15-13-23-25(14-15)17-5-2-1-3-6-17;/h1-3,5-8,11,13-14H,4,9-10,12H2,(H3,21,22,24);1H. The van der Waals surface area contributed by atoms with Gasteiger partial charge in [0.1, 0.15) is 0 Å². The summed E-state index contributed by atoms with van der Waals surface area (Å²) in [4.78, 5) is 4.39. The molecule has 8 heteroatoms. The van der Waals surface area contributed by atoms with Crippen LogP contribution >= 0.6 is 24.0 Å². The van der Waals surface area contributed by atoms with Gasteiger partial charge in [-0.1, -0.05) is 18.2 Å². The van der Waals surface area contributed by atoms with Crippen LogP contribution in [0.2, 0.25) is 0 Å². The maximum absolute atomic E-state index is 6.02. The summed E-state index contributed by atoms with van der Waals surface area (Å²) in [5.41, 5.74) is 8.80. The van der Waals surface area contributed by atoms with E-state index in [1.54, 1.807) is 6.20 Å². The van der Waals surface area contributed by atoms with Gasteiger partial charge in [0.25, 0.3) is 0 Å². The van der Waals surface area contributed by atoms with Gasteiger partial charge >= 0.3 is 0 Å². The van der Waals surface area contributed by atoms with Crippen LogP contribution < -0.4 is 20.5 Å². The third-order valence-electron chi connectivity index (χ3n) is 4.11. The predicted molar refractivity (Wildman–Crippen MR) is 120 cm³/mol. The van der Waals surface area contributed by atoms with Crippen LogP contribution in [0.5, 0.6) is 11.5 Å². The summed E-state index contributed by atoms with van der Waals surface area (Å²) in [6, 6.07) is 15.6. The molecule has 0 radical (unpaired) electrons. The molecule has 0 aliphatic carbocycles. The molecule has 3 aromatic rings. The molecule has 0 amide bonds. The van der Waals surface area contributed by atoms with Crippen molar-refractivity contribution in [2.24, 2.45) is 10.7 Å². The summed E-state index contributed by atoms with van der Waals surface area (Å²) in [6.07, 6.45) is 4.61. The van der Waals surface area contributed by atoms with Crippen molar-refractivity contribution in [3.05, 3.63) is 66.5 Å². The van der Waals surface area contributed by atoms with E-state index >= 15 is 0 Å². The fourth-order valence-electron chi connectivity index (χ4n) is 2.77. The van der Waals surface area contributed by atoms with E-state index in [-0.39, 0.29) is 24.0 Å². The van der Waals surface area contributed by atoms with Crippen LogP contribution in [0.4, 0.5) is 5.69 Å². The van der Waals surface area contributed by atoms with Gasteiger partial charge in [-0.15, -0.1) is 24.0 Å². The van der Waals surface area contributed by atoms with Gasteiger partial charge in [0.15, 0.2) is 17.5 Å². The van der Waals surface area contributed by atoms with Crippen LogP contribution in [0.1, 0.15) is 12.0 Å². The zero-order chi connectivity index (χ0) is 18.5. The Hall–Kier alpha value is -2.75. The first-order chi connectivity index (χ1) is 13.3. The molecule has 4 rings (SSSR count). The smallest absolute Gasteiger partial charge is 0.193 e. The minimum Gasteiger partial charge on any atom is -0.490 e. The Morgan fingerprint density at radius 3 is 2.71 bits per heavy atom. The van der Waals surface area contributed by atoms with Crippen LogP contribution in [0, 0.1) is 0 Å². The molecule has 0 saturated carbocycles. The minimum atomic E-state index is 0. The number of ether oxygens (including phenoxy) is 2. The van der Waals surface area contributed by atoms with Crippen molar-refractivity contribution in [3.8, 4) is 17.2 Å². The van der Waals surface area contributed by atoms with Crippen LogP contribution in [0.3, 0.4) is 0 Å². The number of benzene rings is 2. The quantitative estimate of drug-likeness (QED) is 0.331. The number of nitrogens with one attached hydrogen (secondary N) is 1. The lowest BCUT2D eigenvalue weighted by molar-refractivity contribution is 0.297. The molecule has 1 aliphatic heterocycles. The zero-order valence-corrected chi connectivity index (χ0v) is 17.6. The van der Waals surface area contributed by atoms with Crippen LogP contribution in [0.25, 0.3) is 5.69 Å². The SMILES string of the molecule is I.NC(=NCc1cnn(-c2ccccc2)c1)Nc1ccc2c(c1)OCCCO2. The maximum Gasteiger partial charge on any atom is 0.193 e. The molecule has 28 heavy (non-hydrogen) atoms. The van der Waals surface area contributed by atoms with E-state index in [0.29, 0.717) is 25.7 Å². The van der Waals surface area contributed by atoms with Gasteiger partial charge in [0.2, 0.25) is 0 Å². The lowest BCUT2D eigenvalue weighted by Gasteiger charge is -2.10. The number of aromatic nitrogens is 2. The fourth-order valence-corrected chi connectivity index (χ4v) is 2.77. The van der Waals surface area contributed by atoms with Crippen LogP contribution in [-0.4, -0.2) is 29.0 Å². The molecule has 7 nitrogen and oxygen atoms in total. The summed E-state index contributed by atoms with van der Waals surface area (Å²) >= 11 is 0. The van der Waals surface area contributed by atoms with E-state index < -0.39 is 0 Å². The Balaban J connectivity index is 0.00000225. The van der Waals surface area contributed by atoms with Gasteiger partial charge in [0, 0.05) is 29.9 Å². The average molecular weight is 491 g/mol. The van der Waals surface area contributed by atoms with Gasteiger partial charge in [0.05, 0.1) is 31.6 Å². The molecule has 0 saturated heterocycles. The second kappa shape index (κ2) is 9.45. The molecule has 2 aromatic carbocycles. The Kier molecular flexibility index (Phi) is 6.75. The summed E-state index contributed by atoms with van der Waals surface area (Å²) in [6.45, 7) is 1.75. The molecule has 3 N–H and O–H groups in total. The summed E-state index contributed by atoms with van der Waals surface area (Å²) in [5, 5.41) is 7.45. The van der Waals surface area contributed by atoms with E-state index in [0.717, 1.165) is 34.9 Å². The monoisotopic (exact) mass is 491 g/mol. The first-order valence-electron chi connectivity index (χ1n) is 8.83. The number of nitrogens with zero attached hydrogens (tertiary/aromatic N) is 3. The van der Waals surface area contributed by atoms with Crippen molar-refractivity contribution >= 4 is 35.6 Å². The molecule has 1 aromatic heterocycles. The lowest BCUT2D eigenvalue weighted by Crippen LogP contribution is -2.22. The highest BCUT2D eigenvalue weighted by atomic mass is 127. The molecule has 146 valence electrons. The van der Waals surface area contributed by atoms with Crippen LogP contribution in [0.15, 0.2) is 65.9 Å². The minimum absolute atomic E-state index is 0. The molecule has 1 aliphatic rings. The van der Waals surface area contributed by atoms with Gasteiger partial charge in [-0.05, 0) is 24.3 Å². The first kappa shape index (κ1) is 20.0. The van der Waals surface area contributed by atoms with Crippen molar-refractivity contribution in [2.45, 2.75) is 13.0 Å². The van der Waals surface area contributed by atoms with Crippen molar-refractivity contribution in [1.82, 2.24) is 9.78 Å². The number of para-hydroxylation sites is 1. The lowest BCUT2D eigenvalue weighted by atomic mass is 10.3. The third kappa shape index (κ3) is 4.94. The fraction of sp³-hybridized carbons (Fsp3) is 0.200. The highest BCUT2D eigenvalue weighted by molar-refractivity contribution is 14.0. The Morgan fingerprint density at radius 2 is 1.89 bits per heavy atom. The number of rotatable bonds is 4. The first-order valence-corrected chi connectivity index (χ1v) is 8.83. The van der Waals surface area contributed by atoms with Gasteiger partial charge in [-0.2, -0.15) is 5.10 Å². The number of guanidine groups is 1. The Labute approximate surface area is 180 Å². The third-order valence-corrected chi connectivity index (χ3v) is 4.11. The van der Waals surface area contributed by atoms with Crippen LogP contribution in [-0.2, 0) is 6.54 Å². The maximum atomic E-state index is 6.02. The molecule has 0 unspecified atom stereocenters. The van der Waals surface area contributed by atoms with E-state index in [1.165, 1.54) is 0 Å². The molecule has 0 atom stereocenters. The van der Waals surface area contributed by atoms with Crippen molar-refractivity contribution in [2.75, 3.05) is 18.5 Å². The van der Waals surface area contributed by atoms with E-state index in [2.05, 4.69) is 15.4 Å². The number of hydrogen-bond acceptors (Lipinski definition) is 4. The number of anilines is 1. The average Bonchev–Trinajstić information content (AvgIpc) is 3.05. The number of halogens is 1. The van der Waals surface area contributed by atoms with Gasteiger partial charge in [-0.25, -0.2) is 9.67 Å². The van der Waals surface area contributed by atoms with E-state index in [9.17, 15) is 0 Å². The second-order valence-electron chi connectivity index (χ2n) is 6.17. The highest BCUT2D eigenvalue weighted by Gasteiger charge is 2.11. The Morgan fingerprint density at radius 1 is 1.11 bits per heavy atom. The van der Waals surface area contributed by atoms with Crippen molar-refractivity contribution in [3.63, 3.8) is 0 Å². The number of hydrogen-bond donors (Lipinski definition) is 2. The molecule has 2 heterocycles. The number of fused-ring (bicyclic) bond motifs is 1. The second-order valence-corrected chi connectivity index (χ2v) is 6.17. The number of aliphatic imine (C=N–C) groups is 1. The molecular formula is C20H22IN5O2. The highest BCUT2D eigenvalue weighted by Crippen LogP contribution is 2.32. The predicted octanol–water partition coefficient (Wildman–Crippen LogP) is 3.58. The van der Waals surface area contributed by atoms with Crippen molar-refractivity contribution < 1.29 is 9.47 Å². The zero-order valence-electron chi connectivity index (χ0n) is 15.2. The summed E-state index contributed by atoms with van der Waals surface area (Å²) < 4.78 is 13.1.